The predicted molar refractivity (Wildman–Crippen MR) is 63.8 cm³/mol. The third-order valence-corrected chi connectivity index (χ3v) is 2.48. The summed E-state index contributed by atoms with van der Waals surface area (Å²) in [6.45, 7) is 0. The first-order valence-corrected chi connectivity index (χ1v) is 5.85. The summed E-state index contributed by atoms with van der Waals surface area (Å²) in [6.07, 6.45) is 1.65. The largest absolute Gasteiger partial charge is 0.481 e. The molecule has 1 N–H and O–H groups in total. The van der Waals surface area contributed by atoms with Crippen LogP contribution < -0.4 is 0 Å². The average molecular weight is 281 g/mol. The molecular weight excluding hydrogens is 270 g/mol. The fourth-order valence-electron chi connectivity index (χ4n) is 1.55. The molecule has 0 bridgehead atoms. The molecule has 2 aromatic rings. The Bertz CT molecular complexity index is 617. The Morgan fingerprint density at radius 2 is 2.10 bits per heavy atom. The van der Waals surface area contributed by atoms with Gasteiger partial charge in [0.15, 0.2) is 5.76 Å². The van der Waals surface area contributed by atoms with Crippen LogP contribution in [0.5, 0.6) is 0 Å². The number of unbranched alkanes of at least 4 members (excludes halogenated alkanes) is 1. The lowest BCUT2D eigenvalue weighted by molar-refractivity contribution is -0.401. The molecule has 0 spiro atoms. The highest BCUT2D eigenvalue weighted by Crippen LogP contribution is 2.25. The SMILES string of the molecule is O=C(O)CCCCc1nnc(-c2ccc([N+](=O)[O-])o2)o1. The number of carboxylic acids is 1. The molecule has 2 heterocycles. The quantitative estimate of drug-likeness (QED) is 0.463. The van der Waals surface area contributed by atoms with Crippen LogP contribution in [0.25, 0.3) is 11.7 Å². The van der Waals surface area contributed by atoms with E-state index in [2.05, 4.69) is 10.2 Å². The third kappa shape index (κ3) is 3.40. The molecule has 20 heavy (non-hydrogen) atoms. The minimum absolute atomic E-state index is 0.0614. The zero-order valence-electron chi connectivity index (χ0n) is 10.3. The molecule has 0 saturated carbocycles. The number of hydrogen-bond donors (Lipinski definition) is 1. The fourth-order valence-corrected chi connectivity index (χ4v) is 1.55. The van der Waals surface area contributed by atoms with Gasteiger partial charge in [-0.05, 0) is 18.9 Å². The van der Waals surface area contributed by atoms with Gasteiger partial charge in [-0.3, -0.25) is 14.9 Å². The van der Waals surface area contributed by atoms with Crippen molar-refractivity contribution in [1.29, 1.82) is 0 Å². The van der Waals surface area contributed by atoms with E-state index >= 15 is 0 Å². The van der Waals surface area contributed by atoms with E-state index in [1.807, 2.05) is 0 Å². The molecule has 0 aromatic carbocycles. The Balaban J connectivity index is 1.94. The van der Waals surface area contributed by atoms with Crippen LogP contribution in [0.2, 0.25) is 0 Å². The van der Waals surface area contributed by atoms with E-state index < -0.39 is 16.8 Å². The van der Waals surface area contributed by atoms with Gasteiger partial charge < -0.3 is 13.9 Å². The zero-order chi connectivity index (χ0) is 14.5. The summed E-state index contributed by atoms with van der Waals surface area (Å²) in [6, 6.07) is 2.58. The predicted octanol–water partition coefficient (Wildman–Crippen LogP) is 2.04. The fraction of sp³-hybridized carbons (Fsp3) is 0.364. The molecule has 0 fully saturated rings. The topological polar surface area (TPSA) is 132 Å². The van der Waals surface area contributed by atoms with Crippen molar-refractivity contribution in [3.63, 3.8) is 0 Å². The Morgan fingerprint density at radius 1 is 1.30 bits per heavy atom. The van der Waals surface area contributed by atoms with Crippen molar-refractivity contribution >= 4 is 11.9 Å². The molecular formula is C11H11N3O6. The second-order valence-corrected chi connectivity index (χ2v) is 4.00. The second-order valence-electron chi connectivity index (χ2n) is 4.00. The molecule has 0 radical (unpaired) electrons. The molecule has 0 aliphatic rings. The number of nitro groups is 1. The zero-order valence-corrected chi connectivity index (χ0v) is 10.3. The molecule has 2 aromatic heterocycles. The summed E-state index contributed by atoms with van der Waals surface area (Å²) >= 11 is 0. The number of carboxylic acid groups (broad SMARTS) is 1. The summed E-state index contributed by atoms with van der Waals surface area (Å²) in [7, 11) is 0. The second kappa shape index (κ2) is 5.95. The van der Waals surface area contributed by atoms with Crippen molar-refractivity contribution in [2.75, 3.05) is 0 Å². The van der Waals surface area contributed by atoms with Gasteiger partial charge in [0.2, 0.25) is 5.89 Å². The summed E-state index contributed by atoms with van der Waals surface area (Å²) in [5.74, 6) is -0.725. The lowest BCUT2D eigenvalue weighted by Gasteiger charge is -1.93. The Kier molecular flexibility index (Phi) is 4.08. The molecule has 9 heteroatoms. The van der Waals surface area contributed by atoms with Gasteiger partial charge in [0, 0.05) is 12.8 Å². The molecule has 0 saturated heterocycles. The minimum atomic E-state index is -0.848. The summed E-state index contributed by atoms with van der Waals surface area (Å²) in [5.41, 5.74) is 0. The minimum Gasteiger partial charge on any atom is -0.481 e. The van der Waals surface area contributed by atoms with Crippen LogP contribution >= 0.6 is 0 Å². The number of hydrogen-bond acceptors (Lipinski definition) is 7. The van der Waals surface area contributed by atoms with E-state index in [1.165, 1.54) is 12.1 Å². The summed E-state index contributed by atoms with van der Waals surface area (Å²) < 4.78 is 10.2. The monoisotopic (exact) mass is 281 g/mol. The van der Waals surface area contributed by atoms with E-state index in [9.17, 15) is 14.9 Å². The lowest BCUT2D eigenvalue weighted by atomic mass is 10.2. The molecule has 2 rings (SSSR count). The summed E-state index contributed by atoms with van der Waals surface area (Å²) in [5, 5.41) is 26.5. The van der Waals surface area contributed by atoms with Crippen molar-refractivity contribution in [3.8, 4) is 11.7 Å². The maximum Gasteiger partial charge on any atom is 0.433 e. The van der Waals surface area contributed by atoms with Crippen LogP contribution in [0.3, 0.4) is 0 Å². The van der Waals surface area contributed by atoms with Crippen molar-refractivity contribution in [2.24, 2.45) is 0 Å². The Hall–Kier alpha value is -2.71. The number of carbonyl (C=O) groups is 1. The molecule has 106 valence electrons. The van der Waals surface area contributed by atoms with Crippen molar-refractivity contribution in [3.05, 3.63) is 28.1 Å². The van der Waals surface area contributed by atoms with E-state index in [0.717, 1.165) is 0 Å². The molecule has 0 atom stereocenters. The number of aryl methyl sites for hydroxylation is 1. The highest BCUT2D eigenvalue weighted by molar-refractivity contribution is 5.66. The van der Waals surface area contributed by atoms with Crippen molar-refractivity contribution < 1.29 is 23.7 Å². The lowest BCUT2D eigenvalue weighted by Crippen LogP contribution is -1.95. The van der Waals surface area contributed by atoms with Gasteiger partial charge in [-0.1, -0.05) is 0 Å². The van der Waals surface area contributed by atoms with Gasteiger partial charge in [0.05, 0.1) is 6.07 Å². The number of aromatic nitrogens is 2. The maximum atomic E-state index is 10.5. The van der Waals surface area contributed by atoms with Crippen molar-refractivity contribution in [2.45, 2.75) is 25.7 Å². The first kappa shape index (κ1) is 13.7. The van der Waals surface area contributed by atoms with Gasteiger partial charge in [-0.15, -0.1) is 10.2 Å². The third-order valence-electron chi connectivity index (χ3n) is 2.48. The van der Waals surface area contributed by atoms with Crippen molar-refractivity contribution in [1.82, 2.24) is 10.2 Å². The van der Waals surface area contributed by atoms with E-state index in [1.54, 1.807) is 0 Å². The number of furan rings is 1. The number of rotatable bonds is 7. The molecule has 9 nitrogen and oxygen atoms in total. The van der Waals surface area contributed by atoms with Gasteiger partial charge in [-0.2, -0.15) is 0 Å². The highest BCUT2D eigenvalue weighted by Gasteiger charge is 2.17. The number of aliphatic carboxylic acids is 1. The van der Waals surface area contributed by atoms with Crippen LogP contribution in [-0.4, -0.2) is 26.2 Å². The van der Waals surface area contributed by atoms with E-state index in [-0.39, 0.29) is 18.1 Å². The van der Waals surface area contributed by atoms with E-state index in [4.69, 9.17) is 13.9 Å². The van der Waals surface area contributed by atoms with Crippen LogP contribution in [0.4, 0.5) is 5.88 Å². The van der Waals surface area contributed by atoms with Crippen LogP contribution in [-0.2, 0) is 11.2 Å². The van der Waals surface area contributed by atoms with Crippen LogP contribution in [0.15, 0.2) is 21.0 Å². The smallest absolute Gasteiger partial charge is 0.433 e. The van der Waals surface area contributed by atoms with Crippen LogP contribution in [0.1, 0.15) is 25.2 Å². The van der Waals surface area contributed by atoms with Gasteiger partial charge in [0.1, 0.15) is 4.92 Å². The number of nitrogens with zero attached hydrogens (tertiary/aromatic N) is 3. The average Bonchev–Trinajstić information content (AvgIpc) is 3.03. The van der Waals surface area contributed by atoms with E-state index in [0.29, 0.717) is 25.2 Å². The first-order valence-electron chi connectivity index (χ1n) is 5.85. The summed E-state index contributed by atoms with van der Waals surface area (Å²) in [4.78, 5) is 20.2. The highest BCUT2D eigenvalue weighted by atomic mass is 16.6. The molecule has 0 unspecified atom stereocenters. The van der Waals surface area contributed by atoms with Gasteiger partial charge in [0.25, 0.3) is 5.89 Å². The normalized spacial score (nSPS) is 10.6. The van der Waals surface area contributed by atoms with Crippen LogP contribution in [0, 0.1) is 10.1 Å². The molecule has 0 amide bonds. The first-order chi connectivity index (χ1) is 9.56. The Labute approximate surface area is 112 Å². The molecule has 0 aliphatic heterocycles. The van der Waals surface area contributed by atoms with Gasteiger partial charge in [-0.25, -0.2) is 0 Å². The standard InChI is InChI=1S/C11H11N3O6/c15-10(16)4-2-1-3-8-12-13-11(20-8)7-5-6-9(19-7)14(17)18/h5-6H,1-4H2,(H,15,16). The van der Waals surface area contributed by atoms with Gasteiger partial charge >= 0.3 is 11.9 Å². The molecule has 0 aliphatic carbocycles. The Morgan fingerprint density at radius 3 is 2.75 bits per heavy atom. The maximum absolute atomic E-state index is 10.5.